The van der Waals surface area contributed by atoms with Crippen LogP contribution in [0.3, 0.4) is 0 Å². The molecule has 114 valence electrons. The first kappa shape index (κ1) is 16.3. The van der Waals surface area contributed by atoms with Gasteiger partial charge in [0.05, 0.1) is 5.52 Å². The van der Waals surface area contributed by atoms with E-state index in [4.69, 9.17) is 0 Å². The Hall–Kier alpha value is -1.06. The van der Waals surface area contributed by atoms with Crippen LogP contribution in [-0.2, 0) is 0 Å². The van der Waals surface area contributed by atoms with Gasteiger partial charge in [-0.3, -0.25) is 4.98 Å². The molecule has 2 nitrogen and oxygen atoms in total. The van der Waals surface area contributed by atoms with E-state index in [-0.39, 0.29) is 0 Å². The van der Waals surface area contributed by atoms with E-state index in [1.54, 1.807) is 0 Å². The molecule has 0 aliphatic heterocycles. The molecule has 0 fully saturated rings. The maximum Gasteiger partial charge on any atom is 0.0705 e. The third-order valence-electron chi connectivity index (χ3n) is 3.49. The summed E-state index contributed by atoms with van der Waals surface area (Å²) in [6.45, 7) is 9.84. The predicted octanol–water partition coefficient (Wildman–Crippen LogP) is 4.73. The van der Waals surface area contributed by atoms with Crippen molar-refractivity contribution >= 4 is 22.7 Å². The van der Waals surface area contributed by atoms with Gasteiger partial charge in [0.25, 0.3) is 0 Å². The molecular weight excluding hydrogens is 276 g/mol. The number of pyridine rings is 1. The molecule has 0 saturated carbocycles. The van der Waals surface area contributed by atoms with Crippen LogP contribution in [0.25, 0.3) is 10.9 Å². The van der Waals surface area contributed by atoms with Crippen molar-refractivity contribution < 1.29 is 0 Å². The van der Waals surface area contributed by atoms with E-state index < -0.39 is 0 Å². The molecule has 21 heavy (non-hydrogen) atoms. The van der Waals surface area contributed by atoms with Gasteiger partial charge in [0.15, 0.2) is 0 Å². The summed E-state index contributed by atoms with van der Waals surface area (Å²) >= 11 is 2.01. The van der Waals surface area contributed by atoms with E-state index >= 15 is 0 Å². The fourth-order valence-electron chi connectivity index (χ4n) is 2.34. The molecule has 1 heterocycles. The van der Waals surface area contributed by atoms with Gasteiger partial charge in [-0.1, -0.05) is 32.9 Å². The molecular formula is C18H26N2S. The number of rotatable bonds is 7. The van der Waals surface area contributed by atoms with Crippen molar-refractivity contribution in [2.75, 3.05) is 12.3 Å². The maximum absolute atomic E-state index is 4.59. The summed E-state index contributed by atoms with van der Waals surface area (Å²) in [4.78, 5) is 4.59. The number of hydrogen-bond acceptors (Lipinski definition) is 3. The minimum absolute atomic E-state index is 0.419. The van der Waals surface area contributed by atoms with Crippen LogP contribution in [-0.4, -0.2) is 22.5 Å². The number of fused-ring (bicyclic) bond motifs is 1. The average molecular weight is 302 g/mol. The summed E-state index contributed by atoms with van der Waals surface area (Å²) in [7, 11) is 0. The van der Waals surface area contributed by atoms with Crippen molar-refractivity contribution in [3.05, 3.63) is 41.6 Å². The van der Waals surface area contributed by atoms with Gasteiger partial charge in [0, 0.05) is 22.9 Å². The second kappa shape index (κ2) is 7.81. The van der Waals surface area contributed by atoms with Crippen molar-refractivity contribution in [2.24, 2.45) is 0 Å². The van der Waals surface area contributed by atoms with Gasteiger partial charge in [0.2, 0.25) is 0 Å². The first-order chi connectivity index (χ1) is 10.1. The molecule has 1 N–H and O–H groups in total. The molecule has 0 bridgehead atoms. The average Bonchev–Trinajstić information content (AvgIpc) is 2.46. The van der Waals surface area contributed by atoms with Gasteiger partial charge in [0.1, 0.15) is 0 Å². The summed E-state index contributed by atoms with van der Waals surface area (Å²) < 4.78 is 0. The fourth-order valence-corrected chi connectivity index (χ4v) is 3.23. The largest absolute Gasteiger partial charge is 0.309 e. The van der Waals surface area contributed by atoms with Gasteiger partial charge in [-0.25, -0.2) is 0 Å². The second-order valence-electron chi connectivity index (χ2n) is 5.79. The van der Waals surface area contributed by atoms with E-state index in [1.165, 1.54) is 10.9 Å². The Balaban J connectivity index is 2.23. The van der Waals surface area contributed by atoms with Crippen molar-refractivity contribution in [3.8, 4) is 0 Å². The lowest BCUT2D eigenvalue weighted by atomic mass is 10.0. The molecule has 0 saturated heterocycles. The van der Waals surface area contributed by atoms with Crippen molar-refractivity contribution in [1.82, 2.24) is 10.3 Å². The number of aryl methyl sites for hydroxylation is 1. The van der Waals surface area contributed by atoms with E-state index in [0.717, 1.165) is 29.9 Å². The molecule has 1 atom stereocenters. The highest BCUT2D eigenvalue weighted by Crippen LogP contribution is 2.24. The molecule has 2 rings (SSSR count). The molecule has 3 heteroatoms. The van der Waals surface area contributed by atoms with Crippen LogP contribution in [0.2, 0.25) is 0 Å². The minimum Gasteiger partial charge on any atom is -0.309 e. The molecule has 1 aromatic carbocycles. The van der Waals surface area contributed by atoms with Crippen molar-refractivity contribution in [3.63, 3.8) is 0 Å². The first-order valence-electron chi connectivity index (χ1n) is 7.82. The Morgan fingerprint density at radius 3 is 2.71 bits per heavy atom. The van der Waals surface area contributed by atoms with Crippen LogP contribution in [0.4, 0.5) is 0 Å². The maximum atomic E-state index is 4.59. The topological polar surface area (TPSA) is 24.9 Å². The van der Waals surface area contributed by atoms with Gasteiger partial charge < -0.3 is 5.32 Å². The van der Waals surface area contributed by atoms with Gasteiger partial charge in [-0.2, -0.15) is 11.8 Å². The summed E-state index contributed by atoms with van der Waals surface area (Å²) in [6, 6.07) is 11.3. The highest BCUT2D eigenvalue weighted by atomic mass is 32.2. The number of benzene rings is 1. The Bertz CT molecular complexity index is 580. The van der Waals surface area contributed by atoms with Crippen molar-refractivity contribution in [2.45, 2.75) is 45.4 Å². The molecule has 2 aromatic rings. The number of nitrogens with zero attached hydrogens (tertiary/aromatic N) is 1. The standard InChI is InChI=1S/C18H26N2S/c1-5-10-19-18(12-21-13(2)3)16-8-9-17-15(11-16)7-6-14(4)20-17/h6-9,11,13,18-19H,5,10,12H2,1-4H3. The van der Waals surface area contributed by atoms with Crippen molar-refractivity contribution in [1.29, 1.82) is 0 Å². The zero-order chi connectivity index (χ0) is 15.2. The predicted molar refractivity (Wildman–Crippen MR) is 95.1 cm³/mol. The molecule has 0 amide bonds. The second-order valence-corrected chi connectivity index (χ2v) is 7.40. The lowest BCUT2D eigenvalue weighted by Crippen LogP contribution is -2.24. The zero-order valence-electron chi connectivity index (χ0n) is 13.5. The van der Waals surface area contributed by atoms with Crippen LogP contribution in [0, 0.1) is 6.92 Å². The fraction of sp³-hybridized carbons (Fsp3) is 0.500. The summed E-state index contributed by atoms with van der Waals surface area (Å²) in [6.07, 6.45) is 1.16. The molecule has 0 aliphatic rings. The molecule has 0 aliphatic carbocycles. The third kappa shape index (κ3) is 4.72. The van der Waals surface area contributed by atoms with E-state index in [2.05, 4.69) is 61.4 Å². The monoisotopic (exact) mass is 302 g/mol. The Labute approximate surface area is 132 Å². The number of thioether (sulfide) groups is 1. The van der Waals surface area contributed by atoms with Gasteiger partial charge in [-0.15, -0.1) is 0 Å². The molecule has 1 aromatic heterocycles. The van der Waals surface area contributed by atoms with Crippen LogP contribution in [0.1, 0.15) is 44.5 Å². The molecule has 0 radical (unpaired) electrons. The zero-order valence-corrected chi connectivity index (χ0v) is 14.3. The SMILES string of the molecule is CCCNC(CSC(C)C)c1ccc2nc(C)ccc2c1. The van der Waals surface area contributed by atoms with E-state index in [9.17, 15) is 0 Å². The third-order valence-corrected chi connectivity index (χ3v) is 4.68. The highest BCUT2D eigenvalue weighted by molar-refractivity contribution is 7.99. The lowest BCUT2D eigenvalue weighted by molar-refractivity contribution is 0.577. The first-order valence-corrected chi connectivity index (χ1v) is 8.87. The van der Waals surface area contributed by atoms with E-state index in [1.807, 2.05) is 18.7 Å². The van der Waals surface area contributed by atoms with Gasteiger partial charge >= 0.3 is 0 Å². The summed E-state index contributed by atoms with van der Waals surface area (Å²) in [5, 5.41) is 5.58. The summed E-state index contributed by atoms with van der Waals surface area (Å²) in [5.74, 6) is 1.11. The van der Waals surface area contributed by atoms with Crippen LogP contribution >= 0.6 is 11.8 Å². The number of aromatic nitrogens is 1. The van der Waals surface area contributed by atoms with Crippen LogP contribution < -0.4 is 5.32 Å². The quantitative estimate of drug-likeness (QED) is 0.800. The summed E-state index contributed by atoms with van der Waals surface area (Å²) in [5.41, 5.74) is 3.53. The normalized spacial score (nSPS) is 13.0. The highest BCUT2D eigenvalue weighted by Gasteiger charge is 2.12. The smallest absolute Gasteiger partial charge is 0.0705 e. The Morgan fingerprint density at radius 1 is 1.19 bits per heavy atom. The lowest BCUT2D eigenvalue weighted by Gasteiger charge is -2.20. The molecule has 1 unspecified atom stereocenters. The van der Waals surface area contributed by atoms with Crippen LogP contribution in [0.5, 0.6) is 0 Å². The Morgan fingerprint density at radius 2 is 2.00 bits per heavy atom. The number of hydrogen-bond donors (Lipinski definition) is 1. The van der Waals surface area contributed by atoms with Crippen LogP contribution in [0.15, 0.2) is 30.3 Å². The van der Waals surface area contributed by atoms with E-state index in [0.29, 0.717) is 11.3 Å². The Kier molecular flexibility index (Phi) is 6.07. The number of nitrogens with one attached hydrogen (secondary N) is 1. The molecule has 0 spiro atoms. The van der Waals surface area contributed by atoms with Gasteiger partial charge in [-0.05, 0) is 48.9 Å². The minimum atomic E-state index is 0.419.